The van der Waals surface area contributed by atoms with E-state index in [2.05, 4.69) is 9.97 Å². The average Bonchev–Trinajstić information content (AvgIpc) is 2.94. The number of nitrogens with zero attached hydrogens (tertiary/aromatic N) is 2. The van der Waals surface area contributed by atoms with Crippen LogP contribution in [0.1, 0.15) is 16.1 Å². The van der Waals surface area contributed by atoms with Crippen molar-refractivity contribution in [3.05, 3.63) is 50.8 Å². The normalized spacial score (nSPS) is 18.9. The largest absolute Gasteiger partial charge is 0.379 e. The van der Waals surface area contributed by atoms with Crippen LogP contribution in [0.4, 0.5) is 0 Å². The first-order valence-electron chi connectivity index (χ1n) is 7.15. The molecule has 1 saturated heterocycles. The Bertz CT molecular complexity index is 683. The van der Waals surface area contributed by atoms with Crippen LogP contribution in [0.5, 0.6) is 0 Å². The summed E-state index contributed by atoms with van der Waals surface area (Å²) in [5, 5.41) is 3.76. The minimum Gasteiger partial charge on any atom is -0.379 e. The monoisotopic (exact) mass is 319 g/mol. The molecule has 22 heavy (non-hydrogen) atoms. The van der Waals surface area contributed by atoms with Gasteiger partial charge in [-0.05, 0) is 17.9 Å². The fraction of sp³-hybridized carbons (Fsp3) is 0.400. The number of thiophene rings is 1. The van der Waals surface area contributed by atoms with Crippen LogP contribution in [0, 0.1) is 5.92 Å². The van der Waals surface area contributed by atoms with E-state index in [1.54, 1.807) is 0 Å². The topological polar surface area (TPSA) is 75.3 Å². The second-order valence-electron chi connectivity index (χ2n) is 5.31. The molecule has 3 heterocycles. The fourth-order valence-corrected chi connectivity index (χ4v) is 3.20. The van der Waals surface area contributed by atoms with Gasteiger partial charge in [-0.1, -0.05) is 0 Å². The van der Waals surface area contributed by atoms with Gasteiger partial charge in [-0.25, -0.2) is 4.98 Å². The van der Waals surface area contributed by atoms with Crippen molar-refractivity contribution in [1.82, 2.24) is 14.9 Å². The Morgan fingerprint density at radius 3 is 3.23 bits per heavy atom. The van der Waals surface area contributed by atoms with Gasteiger partial charge >= 0.3 is 0 Å². The average molecular weight is 319 g/mol. The van der Waals surface area contributed by atoms with E-state index in [9.17, 15) is 9.59 Å². The van der Waals surface area contributed by atoms with Gasteiger partial charge in [0.2, 0.25) is 0 Å². The molecule has 7 heteroatoms. The van der Waals surface area contributed by atoms with Crippen LogP contribution in [0.15, 0.2) is 34.0 Å². The molecule has 0 aromatic carbocycles. The first kappa shape index (κ1) is 14.9. The number of nitrogens with one attached hydrogen (secondary N) is 1. The number of H-pyrrole nitrogens is 1. The quantitative estimate of drug-likeness (QED) is 0.921. The minimum atomic E-state index is -0.161. The van der Waals surface area contributed by atoms with Crippen LogP contribution < -0.4 is 5.56 Å². The second-order valence-corrected chi connectivity index (χ2v) is 6.09. The summed E-state index contributed by atoms with van der Waals surface area (Å²) in [4.78, 5) is 32.3. The number of rotatable bonds is 3. The van der Waals surface area contributed by atoms with E-state index in [1.807, 2.05) is 21.7 Å². The maximum atomic E-state index is 12.5. The molecule has 2 aromatic heterocycles. The van der Waals surface area contributed by atoms with Crippen molar-refractivity contribution in [3.8, 4) is 0 Å². The van der Waals surface area contributed by atoms with Gasteiger partial charge in [-0.2, -0.15) is 11.3 Å². The number of hydrogen-bond acceptors (Lipinski definition) is 5. The van der Waals surface area contributed by atoms with Crippen molar-refractivity contribution in [1.29, 1.82) is 0 Å². The van der Waals surface area contributed by atoms with E-state index in [1.165, 1.54) is 23.7 Å². The summed E-state index contributed by atoms with van der Waals surface area (Å²) >= 11 is 1.52. The highest BCUT2D eigenvalue weighted by molar-refractivity contribution is 7.08. The van der Waals surface area contributed by atoms with Crippen LogP contribution in [0.25, 0.3) is 0 Å². The van der Waals surface area contributed by atoms with Crippen molar-refractivity contribution in [3.63, 3.8) is 0 Å². The number of hydrogen-bond donors (Lipinski definition) is 1. The van der Waals surface area contributed by atoms with E-state index in [0.717, 1.165) is 11.3 Å². The second kappa shape index (κ2) is 6.85. The summed E-state index contributed by atoms with van der Waals surface area (Å²) < 4.78 is 5.60. The molecule has 1 N–H and O–H groups in total. The molecule has 0 aliphatic carbocycles. The Labute approximate surface area is 131 Å². The third kappa shape index (κ3) is 3.61. The summed E-state index contributed by atoms with van der Waals surface area (Å²) in [5.74, 6) is 0.176. The molecule has 0 unspecified atom stereocenters. The number of carbonyl (C=O) groups is 1. The Morgan fingerprint density at radius 2 is 2.45 bits per heavy atom. The molecule has 3 rings (SSSR count). The number of aromatic nitrogens is 2. The Balaban J connectivity index is 1.70. The van der Waals surface area contributed by atoms with Crippen LogP contribution in [0.3, 0.4) is 0 Å². The highest BCUT2D eigenvalue weighted by Gasteiger charge is 2.24. The van der Waals surface area contributed by atoms with Gasteiger partial charge in [0.05, 0.1) is 25.1 Å². The molecule has 1 fully saturated rings. The first-order valence-corrected chi connectivity index (χ1v) is 8.09. The molecule has 0 radical (unpaired) electrons. The molecule has 6 nitrogen and oxygen atoms in total. The van der Waals surface area contributed by atoms with E-state index in [0.29, 0.717) is 32.7 Å². The molecule has 2 aromatic rings. The lowest BCUT2D eigenvalue weighted by molar-refractivity contribution is 0.0738. The van der Waals surface area contributed by atoms with E-state index in [4.69, 9.17) is 4.74 Å². The SMILES string of the molecule is O=C(c1ccsc1)N1CCOC[C@@H](Cc2cc(=O)[nH]cn2)C1. The van der Waals surface area contributed by atoms with Crippen molar-refractivity contribution in [2.75, 3.05) is 26.3 Å². The van der Waals surface area contributed by atoms with Crippen molar-refractivity contribution < 1.29 is 9.53 Å². The van der Waals surface area contributed by atoms with Crippen LogP contribution in [-0.4, -0.2) is 47.1 Å². The van der Waals surface area contributed by atoms with Gasteiger partial charge in [0, 0.05) is 36.1 Å². The Kier molecular flexibility index (Phi) is 4.65. The number of amides is 1. The maximum Gasteiger partial charge on any atom is 0.254 e. The lowest BCUT2D eigenvalue weighted by Gasteiger charge is -2.23. The van der Waals surface area contributed by atoms with Crippen LogP contribution >= 0.6 is 11.3 Å². The molecule has 0 bridgehead atoms. The molecule has 1 aliphatic heterocycles. The molecular formula is C15H17N3O3S. The van der Waals surface area contributed by atoms with Crippen LogP contribution in [0.2, 0.25) is 0 Å². The number of aromatic amines is 1. The van der Waals surface area contributed by atoms with Gasteiger partial charge in [0.15, 0.2) is 0 Å². The highest BCUT2D eigenvalue weighted by atomic mass is 32.1. The number of ether oxygens (including phenoxy) is 1. The molecule has 1 aliphatic rings. The molecular weight excluding hydrogens is 302 g/mol. The maximum absolute atomic E-state index is 12.5. The predicted molar refractivity (Wildman–Crippen MR) is 83.1 cm³/mol. The lowest BCUT2D eigenvalue weighted by atomic mass is 10.0. The third-order valence-electron chi connectivity index (χ3n) is 3.63. The number of carbonyl (C=O) groups excluding carboxylic acids is 1. The van der Waals surface area contributed by atoms with Gasteiger partial charge < -0.3 is 14.6 Å². The molecule has 1 amide bonds. The van der Waals surface area contributed by atoms with Gasteiger partial charge in [0.1, 0.15) is 0 Å². The summed E-state index contributed by atoms with van der Waals surface area (Å²) in [5.41, 5.74) is 1.29. The van der Waals surface area contributed by atoms with Gasteiger partial charge in [-0.3, -0.25) is 9.59 Å². The van der Waals surface area contributed by atoms with E-state index >= 15 is 0 Å². The zero-order chi connectivity index (χ0) is 15.4. The summed E-state index contributed by atoms with van der Waals surface area (Å²) in [7, 11) is 0. The molecule has 1 atom stereocenters. The van der Waals surface area contributed by atoms with E-state index in [-0.39, 0.29) is 17.4 Å². The van der Waals surface area contributed by atoms with Crippen LogP contribution in [-0.2, 0) is 11.2 Å². The predicted octanol–water partition coefficient (Wildman–Crippen LogP) is 1.16. The molecule has 0 spiro atoms. The third-order valence-corrected chi connectivity index (χ3v) is 4.31. The zero-order valence-electron chi connectivity index (χ0n) is 12.0. The van der Waals surface area contributed by atoms with Crippen molar-refractivity contribution in [2.45, 2.75) is 6.42 Å². The molecule has 0 saturated carbocycles. The Hall–Kier alpha value is -1.99. The summed E-state index contributed by atoms with van der Waals surface area (Å²) in [6, 6.07) is 3.34. The fourth-order valence-electron chi connectivity index (χ4n) is 2.57. The standard InChI is InChI=1S/C15H17N3O3S/c19-14-6-13(16-10-17-14)5-11-7-18(2-3-21-8-11)15(20)12-1-4-22-9-12/h1,4,6,9-11H,2-3,5,7-8H2,(H,16,17,19)/t11-/m0/s1. The highest BCUT2D eigenvalue weighted by Crippen LogP contribution is 2.16. The Morgan fingerprint density at radius 1 is 1.55 bits per heavy atom. The summed E-state index contributed by atoms with van der Waals surface area (Å²) in [6.07, 6.45) is 2.03. The minimum absolute atomic E-state index is 0.0376. The van der Waals surface area contributed by atoms with Crippen molar-refractivity contribution in [2.24, 2.45) is 5.92 Å². The lowest BCUT2D eigenvalue weighted by Crippen LogP contribution is -2.36. The molecule has 116 valence electrons. The van der Waals surface area contributed by atoms with Gasteiger partial charge in [-0.15, -0.1) is 0 Å². The van der Waals surface area contributed by atoms with Gasteiger partial charge in [0.25, 0.3) is 11.5 Å². The smallest absolute Gasteiger partial charge is 0.254 e. The summed E-state index contributed by atoms with van der Waals surface area (Å²) in [6.45, 7) is 2.31. The first-order chi connectivity index (χ1) is 10.7. The van der Waals surface area contributed by atoms with E-state index < -0.39 is 0 Å². The van der Waals surface area contributed by atoms with Crippen molar-refractivity contribution >= 4 is 17.2 Å². The zero-order valence-corrected chi connectivity index (χ0v) is 12.8.